The molecule has 84 valence electrons. The lowest BCUT2D eigenvalue weighted by atomic mass is 9.97. The summed E-state index contributed by atoms with van der Waals surface area (Å²) in [5, 5.41) is -2.62. The summed E-state index contributed by atoms with van der Waals surface area (Å²) in [4.78, 5) is 0. The standard InChI is InChI=1S/C6H6Cl6.C2H4/c7-1-2(8)4(10)6(12)5(11)3(1)9;1-2/h1-6H;1-2H2/t1-,2-,3-,4+,5+,6+;. The topological polar surface area (TPSA) is 0 Å². The first kappa shape index (κ1) is 15.5. The Bertz CT molecular complexity index is 117. The van der Waals surface area contributed by atoms with Gasteiger partial charge in [-0.05, 0) is 0 Å². The van der Waals surface area contributed by atoms with Crippen LogP contribution in [0.25, 0.3) is 0 Å². The second-order valence-electron chi connectivity index (χ2n) is 2.67. The van der Waals surface area contributed by atoms with Crippen LogP contribution in [0.5, 0.6) is 0 Å². The number of alkyl halides is 6. The number of hydrogen-bond donors (Lipinski definition) is 0. The maximum Gasteiger partial charge on any atom is 0.0693 e. The predicted molar refractivity (Wildman–Crippen MR) is 69.1 cm³/mol. The van der Waals surface area contributed by atoms with E-state index in [0.717, 1.165) is 0 Å². The van der Waals surface area contributed by atoms with Crippen LogP contribution in [0, 0.1) is 0 Å². The molecule has 0 radical (unpaired) electrons. The van der Waals surface area contributed by atoms with Crippen molar-refractivity contribution in [3.8, 4) is 0 Å². The third-order valence-electron chi connectivity index (χ3n) is 1.83. The molecule has 1 fully saturated rings. The maximum absolute atomic E-state index is 5.88. The fourth-order valence-corrected chi connectivity index (χ4v) is 3.38. The first-order chi connectivity index (χ1) is 6.46. The minimum atomic E-state index is -0.437. The highest BCUT2D eigenvalue weighted by Gasteiger charge is 2.46. The van der Waals surface area contributed by atoms with Crippen LogP contribution >= 0.6 is 69.6 Å². The molecule has 0 saturated heterocycles. The summed E-state index contributed by atoms with van der Waals surface area (Å²) >= 11 is 35.3. The molecule has 0 aliphatic heterocycles. The van der Waals surface area contributed by atoms with Gasteiger partial charge in [0, 0.05) is 0 Å². The summed E-state index contributed by atoms with van der Waals surface area (Å²) in [5.41, 5.74) is 0. The molecule has 0 aromatic carbocycles. The van der Waals surface area contributed by atoms with Crippen molar-refractivity contribution >= 4 is 69.6 Å². The van der Waals surface area contributed by atoms with E-state index in [9.17, 15) is 0 Å². The molecule has 1 aliphatic carbocycles. The van der Waals surface area contributed by atoms with Gasteiger partial charge in [0.15, 0.2) is 0 Å². The zero-order chi connectivity index (χ0) is 11.5. The van der Waals surface area contributed by atoms with Crippen LogP contribution in [0.1, 0.15) is 0 Å². The molecule has 0 nitrogen and oxygen atoms in total. The van der Waals surface area contributed by atoms with E-state index in [1.807, 2.05) is 0 Å². The fourth-order valence-electron chi connectivity index (χ4n) is 1.05. The van der Waals surface area contributed by atoms with Crippen molar-refractivity contribution in [3.63, 3.8) is 0 Å². The Balaban J connectivity index is 0.000000791. The van der Waals surface area contributed by atoms with E-state index >= 15 is 0 Å². The van der Waals surface area contributed by atoms with Gasteiger partial charge in [0.05, 0.1) is 32.3 Å². The molecule has 0 spiro atoms. The lowest BCUT2D eigenvalue weighted by Crippen LogP contribution is -2.52. The van der Waals surface area contributed by atoms with Crippen molar-refractivity contribution in [3.05, 3.63) is 13.2 Å². The largest absolute Gasteiger partial charge is 0.120 e. The Morgan fingerprint density at radius 1 is 0.429 bits per heavy atom. The molecule has 6 heteroatoms. The Morgan fingerprint density at radius 2 is 0.500 bits per heavy atom. The predicted octanol–water partition coefficient (Wildman–Crippen LogP) is 4.45. The van der Waals surface area contributed by atoms with Crippen molar-refractivity contribution in [2.24, 2.45) is 0 Å². The second kappa shape index (κ2) is 6.93. The minimum Gasteiger partial charge on any atom is -0.120 e. The first-order valence-electron chi connectivity index (χ1n) is 3.81. The van der Waals surface area contributed by atoms with Crippen molar-refractivity contribution in [2.75, 3.05) is 0 Å². The number of halogens is 6. The van der Waals surface area contributed by atoms with E-state index in [1.165, 1.54) is 0 Å². The van der Waals surface area contributed by atoms with Gasteiger partial charge in [0.25, 0.3) is 0 Å². The third-order valence-corrected chi connectivity index (χ3v) is 5.86. The minimum absolute atomic E-state index is 0.437. The Hall–Kier alpha value is 1.48. The molecule has 0 aromatic rings. The summed E-state index contributed by atoms with van der Waals surface area (Å²) < 4.78 is 0. The van der Waals surface area contributed by atoms with Crippen molar-refractivity contribution in [1.82, 2.24) is 0 Å². The van der Waals surface area contributed by atoms with Gasteiger partial charge in [-0.15, -0.1) is 82.8 Å². The summed E-state index contributed by atoms with van der Waals surface area (Å²) in [6.45, 7) is 6.00. The van der Waals surface area contributed by atoms with Gasteiger partial charge in [-0.2, -0.15) is 0 Å². The van der Waals surface area contributed by atoms with Gasteiger partial charge in [0.1, 0.15) is 0 Å². The highest BCUT2D eigenvalue weighted by molar-refractivity contribution is 6.45. The highest BCUT2D eigenvalue weighted by atomic mass is 35.5. The van der Waals surface area contributed by atoms with E-state index in [4.69, 9.17) is 69.6 Å². The zero-order valence-corrected chi connectivity index (χ0v) is 11.7. The molecule has 0 unspecified atom stereocenters. The summed E-state index contributed by atoms with van der Waals surface area (Å²) in [5.74, 6) is 0. The average molecular weight is 319 g/mol. The van der Waals surface area contributed by atoms with Gasteiger partial charge in [-0.3, -0.25) is 0 Å². The van der Waals surface area contributed by atoms with E-state index in [-0.39, 0.29) is 0 Å². The van der Waals surface area contributed by atoms with Crippen molar-refractivity contribution in [1.29, 1.82) is 0 Å². The monoisotopic (exact) mass is 316 g/mol. The van der Waals surface area contributed by atoms with E-state index in [1.54, 1.807) is 0 Å². The molecule has 0 heterocycles. The molecule has 0 amide bonds. The normalized spacial score (nSPS) is 47.9. The van der Waals surface area contributed by atoms with E-state index in [0.29, 0.717) is 0 Å². The molecular weight excluding hydrogens is 309 g/mol. The fraction of sp³-hybridized carbons (Fsp3) is 0.750. The van der Waals surface area contributed by atoms with Gasteiger partial charge >= 0.3 is 0 Å². The van der Waals surface area contributed by atoms with E-state index in [2.05, 4.69) is 13.2 Å². The lowest BCUT2D eigenvalue weighted by molar-refractivity contribution is 0.544. The second-order valence-corrected chi connectivity index (χ2v) is 5.69. The Morgan fingerprint density at radius 3 is 0.571 bits per heavy atom. The molecule has 1 aliphatic rings. The molecule has 1 rings (SSSR count). The van der Waals surface area contributed by atoms with Crippen LogP contribution in [0.2, 0.25) is 0 Å². The third kappa shape index (κ3) is 3.23. The molecule has 14 heavy (non-hydrogen) atoms. The van der Waals surface area contributed by atoms with Crippen LogP contribution < -0.4 is 0 Å². The highest BCUT2D eigenvalue weighted by Crippen LogP contribution is 2.39. The zero-order valence-electron chi connectivity index (χ0n) is 7.15. The van der Waals surface area contributed by atoms with Crippen molar-refractivity contribution in [2.45, 2.75) is 32.3 Å². The summed E-state index contributed by atoms with van der Waals surface area (Å²) in [6, 6.07) is 0. The quantitative estimate of drug-likeness (QED) is 0.457. The first-order valence-corrected chi connectivity index (χ1v) is 6.43. The average Bonchev–Trinajstić information content (AvgIpc) is 2.24. The molecular formula is C8H10Cl6. The Kier molecular flexibility index (Phi) is 7.67. The summed E-state index contributed by atoms with van der Waals surface area (Å²) in [6.07, 6.45) is 0. The number of rotatable bonds is 0. The molecule has 0 bridgehead atoms. The van der Waals surface area contributed by atoms with Crippen LogP contribution in [0.15, 0.2) is 13.2 Å². The Labute approximate surface area is 114 Å². The molecule has 0 aromatic heterocycles. The smallest absolute Gasteiger partial charge is 0.0693 e. The van der Waals surface area contributed by atoms with Crippen LogP contribution in [0.4, 0.5) is 0 Å². The van der Waals surface area contributed by atoms with Crippen LogP contribution in [0.3, 0.4) is 0 Å². The van der Waals surface area contributed by atoms with Gasteiger partial charge < -0.3 is 0 Å². The van der Waals surface area contributed by atoms with Gasteiger partial charge in [0.2, 0.25) is 0 Å². The van der Waals surface area contributed by atoms with Gasteiger partial charge in [-0.1, -0.05) is 0 Å². The van der Waals surface area contributed by atoms with E-state index < -0.39 is 32.3 Å². The van der Waals surface area contributed by atoms with Crippen molar-refractivity contribution < 1.29 is 0 Å². The van der Waals surface area contributed by atoms with Gasteiger partial charge in [-0.25, -0.2) is 0 Å². The molecule has 0 N–H and O–H groups in total. The molecule has 0 atom stereocenters. The van der Waals surface area contributed by atoms with Crippen LogP contribution in [-0.4, -0.2) is 32.3 Å². The van der Waals surface area contributed by atoms with Crippen LogP contribution in [-0.2, 0) is 0 Å². The summed E-state index contributed by atoms with van der Waals surface area (Å²) in [7, 11) is 0. The SMILES string of the molecule is C=C.Cl[C@H]1[C@H](Cl)[C@@H](Cl)[C@@H](Cl)[C@H](Cl)[C@H]1Cl. The molecule has 1 saturated carbocycles. The maximum atomic E-state index is 5.88. The number of hydrogen-bond acceptors (Lipinski definition) is 0. The lowest BCUT2D eigenvalue weighted by Gasteiger charge is -2.37.